The van der Waals surface area contributed by atoms with Crippen LogP contribution in [0.5, 0.6) is 0 Å². The molecule has 0 amide bonds. The van der Waals surface area contributed by atoms with Crippen molar-refractivity contribution in [3.8, 4) is 0 Å². The van der Waals surface area contributed by atoms with Crippen LogP contribution in [-0.4, -0.2) is 6.54 Å². The predicted octanol–water partition coefficient (Wildman–Crippen LogP) is 2.30. The Hall–Kier alpha value is -0.460. The molecular weight excluding hydrogens is 122 g/mol. The molecular formula is C9H17N. The average molecular weight is 139 g/mol. The summed E-state index contributed by atoms with van der Waals surface area (Å²) in [4.78, 5) is 0. The Bertz CT molecular complexity index is 145. The average Bonchev–Trinajstić information content (AvgIpc) is 1.88. The van der Waals surface area contributed by atoms with E-state index in [1.165, 1.54) is 25.1 Å². The Morgan fingerprint density at radius 3 is 2.50 bits per heavy atom. The lowest BCUT2D eigenvalue weighted by molar-refractivity contribution is 0.577. The molecule has 0 aromatic heterocycles. The molecule has 1 rings (SSSR count). The van der Waals surface area contributed by atoms with Gasteiger partial charge in [0, 0.05) is 12.2 Å². The molecule has 0 fully saturated rings. The molecule has 1 aliphatic heterocycles. The van der Waals surface area contributed by atoms with Gasteiger partial charge in [0.15, 0.2) is 0 Å². The molecule has 1 aliphatic rings. The van der Waals surface area contributed by atoms with E-state index in [1.807, 2.05) is 0 Å². The van der Waals surface area contributed by atoms with Crippen molar-refractivity contribution in [3.05, 3.63) is 11.3 Å². The van der Waals surface area contributed by atoms with Crippen molar-refractivity contribution in [1.82, 2.24) is 5.32 Å². The van der Waals surface area contributed by atoms with Gasteiger partial charge in [0.05, 0.1) is 0 Å². The van der Waals surface area contributed by atoms with Crippen LogP contribution in [0.2, 0.25) is 0 Å². The van der Waals surface area contributed by atoms with Crippen LogP contribution in [0, 0.1) is 5.92 Å². The third-order valence-electron chi connectivity index (χ3n) is 2.08. The smallest absolute Gasteiger partial charge is 0.0147 e. The van der Waals surface area contributed by atoms with Crippen LogP contribution in [0.15, 0.2) is 11.3 Å². The van der Waals surface area contributed by atoms with Crippen molar-refractivity contribution in [2.45, 2.75) is 33.6 Å². The van der Waals surface area contributed by atoms with E-state index >= 15 is 0 Å². The van der Waals surface area contributed by atoms with Gasteiger partial charge in [0.25, 0.3) is 0 Å². The van der Waals surface area contributed by atoms with Crippen molar-refractivity contribution in [1.29, 1.82) is 0 Å². The molecule has 1 N–H and O–H groups in total. The van der Waals surface area contributed by atoms with Gasteiger partial charge >= 0.3 is 0 Å². The first-order chi connectivity index (χ1) is 4.72. The fraction of sp³-hybridized carbons (Fsp3) is 0.778. The van der Waals surface area contributed by atoms with Gasteiger partial charge in [0.1, 0.15) is 0 Å². The maximum absolute atomic E-state index is 3.45. The summed E-state index contributed by atoms with van der Waals surface area (Å²) in [5.41, 5.74) is 3.03. The number of rotatable bonds is 1. The zero-order valence-electron chi connectivity index (χ0n) is 7.20. The molecule has 0 aromatic rings. The quantitative estimate of drug-likeness (QED) is 0.587. The number of nitrogens with one attached hydrogen (secondary N) is 1. The number of hydrogen-bond donors (Lipinski definition) is 1. The van der Waals surface area contributed by atoms with Crippen molar-refractivity contribution in [3.63, 3.8) is 0 Å². The maximum Gasteiger partial charge on any atom is 0.0147 e. The van der Waals surface area contributed by atoms with Gasteiger partial charge in [-0.2, -0.15) is 0 Å². The van der Waals surface area contributed by atoms with Crippen molar-refractivity contribution < 1.29 is 0 Å². The van der Waals surface area contributed by atoms with Crippen LogP contribution >= 0.6 is 0 Å². The van der Waals surface area contributed by atoms with Gasteiger partial charge < -0.3 is 5.32 Å². The molecule has 1 nitrogen and oxygen atoms in total. The van der Waals surface area contributed by atoms with Gasteiger partial charge in [-0.1, -0.05) is 19.4 Å². The number of hydrogen-bond acceptors (Lipinski definition) is 1. The normalized spacial score (nSPS) is 19.6. The minimum Gasteiger partial charge on any atom is -0.388 e. The van der Waals surface area contributed by atoms with Crippen molar-refractivity contribution in [2.75, 3.05) is 6.54 Å². The Kier molecular flexibility index (Phi) is 2.36. The van der Waals surface area contributed by atoms with Crippen molar-refractivity contribution in [2.24, 2.45) is 5.92 Å². The zero-order chi connectivity index (χ0) is 7.56. The summed E-state index contributed by atoms with van der Waals surface area (Å²) in [6.45, 7) is 7.90. The molecule has 58 valence electrons. The highest BCUT2D eigenvalue weighted by Gasteiger charge is 2.10. The molecule has 0 spiro atoms. The summed E-state index contributed by atoms with van der Waals surface area (Å²) in [5.74, 6) is 0.681. The van der Waals surface area contributed by atoms with Gasteiger partial charge in [-0.3, -0.25) is 0 Å². The molecule has 10 heavy (non-hydrogen) atoms. The second-order valence-electron chi connectivity index (χ2n) is 3.38. The Morgan fingerprint density at radius 2 is 2.10 bits per heavy atom. The van der Waals surface area contributed by atoms with E-state index in [0.717, 1.165) is 0 Å². The third kappa shape index (κ3) is 1.53. The highest BCUT2D eigenvalue weighted by Crippen LogP contribution is 2.19. The predicted molar refractivity (Wildman–Crippen MR) is 44.8 cm³/mol. The van der Waals surface area contributed by atoms with E-state index in [2.05, 4.69) is 26.1 Å². The molecule has 0 saturated heterocycles. The fourth-order valence-corrected chi connectivity index (χ4v) is 1.56. The van der Waals surface area contributed by atoms with Crippen LogP contribution in [0.3, 0.4) is 0 Å². The Balaban J connectivity index is 2.68. The molecule has 0 radical (unpaired) electrons. The zero-order valence-corrected chi connectivity index (χ0v) is 7.20. The highest BCUT2D eigenvalue weighted by molar-refractivity contribution is 5.14. The van der Waals surface area contributed by atoms with Crippen LogP contribution in [0.4, 0.5) is 0 Å². The summed E-state index contributed by atoms with van der Waals surface area (Å²) in [6, 6.07) is 0. The first-order valence-corrected chi connectivity index (χ1v) is 4.15. The number of allylic oxidation sites excluding steroid dienone is 2. The maximum atomic E-state index is 3.45. The fourth-order valence-electron chi connectivity index (χ4n) is 1.56. The Morgan fingerprint density at radius 1 is 1.40 bits per heavy atom. The van der Waals surface area contributed by atoms with Gasteiger partial charge in [0.2, 0.25) is 0 Å². The largest absolute Gasteiger partial charge is 0.388 e. The first kappa shape index (κ1) is 7.64. The van der Waals surface area contributed by atoms with E-state index in [9.17, 15) is 0 Å². The molecule has 0 saturated carbocycles. The summed E-state index contributed by atoms with van der Waals surface area (Å²) in [5, 5.41) is 3.45. The summed E-state index contributed by atoms with van der Waals surface area (Å²) < 4.78 is 0. The highest BCUT2D eigenvalue weighted by atomic mass is 14.9. The third-order valence-corrected chi connectivity index (χ3v) is 2.08. The molecule has 0 aliphatic carbocycles. The second-order valence-corrected chi connectivity index (χ2v) is 3.38. The van der Waals surface area contributed by atoms with E-state index in [1.54, 1.807) is 5.57 Å². The minimum absolute atomic E-state index is 0.681. The summed E-state index contributed by atoms with van der Waals surface area (Å²) >= 11 is 0. The van der Waals surface area contributed by atoms with Crippen molar-refractivity contribution >= 4 is 0 Å². The van der Waals surface area contributed by atoms with Crippen LogP contribution in [0.1, 0.15) is 33.6 Å². The lowest BCUT2D eigenvalue weighted by Crippen LogP contribution is -2.24. The van der Waals surface area contributed by atoms with Crippen LogP contribution in [0.25, 0.3) is 0 Å². The first-order valence-electron chi connectivity index (χ1n) is 4.15. The molecule has 1 heterocycles. The van der Waals surface area contributed by atoms with E-state index < -0.39 is 0 Å². The SMILES string of the molecule is CC1=C(C(C)C)NCCC1. The molecule has 0 unspecified atom stereocenters. The lowest BCUT2D eigenvalue weighted by atomic mass is 9.98. The standard InChI is InChI=1S/C9H17N/c1-7(2)9-8(3)5-4-6-10-9/h7,10H,4-6H2,1-3H3. The minimum atomic E-state index is 0.681. The van der Waals surface area contributed by atoms with Crippen LogP contribution < -0.4 is 5.32 Å². The van der Waals surface area contributed by atoms with E-state index in [-0.39, 0.29) is 0 Å². The summed E-state index contributed by atoms with van der Waals surface area (Å²) in [6.07, 6.45) is 2.60. The van der Waals surface area contributed by atoms with Gasteiger partial charge in [-0.15, -0.1) is 0 Å². The molecule has 0 atom stereocenters. The Labute approximate surface area is 63.5 Å². The van der Waals surface area contributed by atoms with E-state index in [0.29, 0.717) is 5.92 Å². The lowest BCUT2D eigenvalue weighted by Gasteiger charge is -2.22. The van der Waals surface area contributed by atoms with Gasteiger partial charge in [-0.05, 0) is 25.7 Å². The summed E-state index contributed by atoms with van der Waals surface area (Å²) in [7, 11) is 0. The molecule has 1 heteroatoms. The second kappa shape index (κ2) is 3.09. The monoisotopic (exact) mass is 139 g/mol. The van der Waals surface area contributed by atoms with Gasteiger partial charge in [-0.25, -0.2) is 0 Å². The van der Waals surface area contributed by atoms with Crippen LogP contribution in [-0.2, 0) is 0 Å². The molecule has 0 aromatic carbocycles. The topological polar surface area (TPSA) is 12.0 Å². The molecule has 0 bridgehead atoms. The van der Waals surface area contributed by atoms with E-state index in [4.69, 9.17) is 0 Å².